The van der Waals surface area contributed by atoms with Crippen LogP contribution in [0.5, 0.6) is 0 Å². The molecule has 0 radical (unpaired) electrons. The molecule has 0 heterocycles. The largest absolute Gasteiger partial charge is 0.480 e. The molecule has 0 spiro atoms. The van der Waals surface area contributed by atoms with Crippen molar-refractivity contribution in [2.24, 2.45) is 5.41 Å². The number of terminal acetylenes is 1. The first-order chi connectivity index (χ1) is 8.68. The number of amides is 2. The third-order valence-electron chi connectivity index (χ3n) is 2.27. The molecule has 0 aromatic carbocycles. The molecule has 0 rings (SSSR count). The zero-order valence-corrected chi connectivity index (χ0v) is 11.5. The lowest BCUT2D eigenvalue weighted by molar-refractivity contribution is -0.144. The van der Waals surface area contributed by atoms with E-state index in [9.17, 15) is 14.4 Å². The minimum atomic E-state index is -1.12. The predicted molar refractivity (Wildman–Crippen MR) is 70.1 cm³/mol. The number of carboxylic acids is 1. The van der Waals surface area contributed by atoms with Crippen LogP contribution in [0.4, 0.5) is 0 Å². The maximum absolute atomic E-state index is 11.7. The molecule has 2 amide bonds. The molecule has 0 unspecified atom stereocenters. The van der Waals surface area contributed by atoms with Crippen LogP contribution in [0.25, 0.3) is 0 Å². The molecule has 0 atom stereocenters. The van der Waals surface area contributed by atoms with Gasteiger partial charge in [0.15, 0.2) is 0 Å². The lowest BCUT2D eigenvalue weighted by Gasteiger charge is -2.20. The monoisotopic (exact) mass is 268 g/mol. The summed E-state index contributed by atoms with van der Waals surface area (Å²) in [6.45, 7) is 4.96. The molecule has 19 heavy (non-hydrogen) atoms. The Hall–Kier alpha value is -2.03. The number of carboxylic acid groups (broad SMARTS) is 1. The molecule has 0 aliphatic rings. The number of aliphatic carboxylic acids is 1. The third-order valence-corrected chi connectivity index (χ3v) is 2.27. The summed E-state index contributed by atoms with van der Waals surface area (Å²) in [6.07, 6.45) is 5.09. The van der Waals surface area contributed by atoms with Crippen molar-refractivity contribution in [2.45, 2.75) is 27.2 Å². The highest BCUT2D eigenvalue weighted by atomic mass is 16.4. The Bertz CT molecular complexity index is 390. The highest BCUT2D eigenvalue weighted by Gasteiger charge is 2.21. The van der Waals surface area contributed by atoms with Crippen molar-refractivity contribution in [3.05, 3.63) is 0 Å². The summed E-state index contributed by atoms with van der Waals surface area (Å²) in [7, 11) is 0. The topological polar surface area (TPSA) is 86.7 Å². The molecular weight excluding hydrogens is 248 g/mol. The quantitative estimate of drug-likeness (QED) is 0.668. The number of hydrogen-bond donors (Lipinski definition) is 2. The van der Waals surface area contributed by atoms with Crippen LogP contribution in [0.3, 0.4) is 0 Å². The Labute approximate surface area is 113 Å². The maximum atomic E-state index is 11.7. The fourth-order valence-corrected chi connectivity index (χ4v) is 1.21. The van der Waals surface area contributed by atoms with E-state index in [1.807, 2.05) is 0 Å². The summed E-state index contributed by atoms with van der Waals surface area (Å²) in [4.78, 5) is 34.9. The van der Waals surface area contributed by atoms with Gasteiger partial charge >= 0.3 is 5.97 Å². The number of nitrogens with zero attached hydrogens (tertiary/aromatic N) is 1. The van der Waals surface area contributed by atoms with Gasteiger partial charge in [0.25, 0.3) is 0 Å². The Balaban J connectivity index is 4.24. The molecule has 0 bridgehead atoms. The van der Waals surface area contributed by atoms with Gasteiger partial charge in [-0.3, -0.25) is 14.4 Å². The summed E-state index contributed by atoms with van der Waals surface area (Å²) >= 11 is 0. The molecule has 106 valence electrons. The second kappa shape index (κ2) is 7.41. The summed E-state index contributed by atoms with van der Waals surface area (Å²) < 4.78 is 0. The van der Waals surface area contributed by atoms with Crippen LogP contribution in [0.15, 0.2) is 0 Å². The highest BCUT2D eigenvalue weighted by molar-refractivity contribution is 5.84. The van der Waals surface area contributed by atoms with E-state index < -0.39 is 23.8 Å². The summed E-state index contributed by atoms with van der Waals surface area (Å²) in [5, 5.41) is 11.3. The second-order valence-electron chi connectivity index (χ2n) is 5.10. The predicted octanol–water partition coefficient (Wildman–Crippen LogP) is 0.0852. The number of nitrogens with one attached hydrogen (secondary N) is 1. The van der Waals surface area contributed by atoms with E-state index in [1.54, 1.807) is 20.8 Å². The zero-order valence-electron chi connectivity index (χ0n) is 11.5. The van der Waals surface area contributed by atoms with Crippen molar-refractivity contribution in [3.63, 3.8) is 0 Å². The molecule has 0 aliphatic carbocycles. The van der Waals surface area contributed by atoms with Crippen molar-refractivity contribution in [1.29, 1.82) is 0 Å². The van der Waals surface area contributed by atoms with Crippen LogP contribution < -0.4 is 5.32 Å². The summed E-state index contributed by atoms with van der Waals surface area (Å²) in [5.41, 5.74) is -0.525. The Morgan fingerprint density at radius 2 is 1.89 bits per heavy atom. The van der Waals surface area contributed by atoms with Gasteiger partial charge in [0, 0.05) is 18.4 Å². The maximum Gasteiger partial charge on any atom is 0.323 e. The van der Waals surface area contributed by atoms with Crippen LogP contribution in [-0.4, -0.2) is 47.4 Å². The molecule has 0 fully saturated rings. The van der Waals surface area contributed by atoms with E-state index in [1.165, 1.54) is 0 Å². The standard InChI is InChI=1S/C13H20N2O4/c1-5-8-15(9-11(17)18)10(16)6-7-14-12(19)13(2,3)4/h1H,6-9H2,2-4H3,(H,14,19)(H,17,18). The second-order valence-corrected chi connectivity index (χ2v) is 5.10. The molecule has 0 aromatic heterocycles. The summed E-state index contributed by atoms with van der Waals surface area (Å²) in [6, 6.07) is 0. The van der Waals surface area contributed by atoms with E-state index in [0.29, 0.717) is 0 Å². The fourth-order valence-electron chi connectivity index (χ4n) is 1.21. The Kier molecular flexibility index (Phi) is 6.62. The zero-order chi connectivity index (χ0) is 15.1. The molecule has 0 saturated heterocycles. The van der Waals surface area contributed by atoms with E-state index >= 15 is 0 Å². The van der Waals surface area contributed by atoms with Crippen LogP contribution in [-0.2, 0) is 14.4 Å². The summed E-state index contributed by atoms with van der Waals surface area (Å²) in [5.74, 6) is 0.550. The molecule has 2 N–H and O–H groups in total. The number of hydrogen-bond acceptors (Lipinski definition) is 3. The smallest absolute Gasteiger partial charge is 0.323 e. The highest BCUT2D eigenvalue weighted by Crippen LogP contribution is 2.12. The van der Waals surface area contributed by atoms with Crippen molar-refractivity contribution >= 4 is 17.8 Å². The normalized spacial score (nSPS) is 10.4. The SMILES string of the molecule is C#CCN(CC(=O)O)C(=O)CCNC(=O)C(C)(C)C. The molecular formula is C13H20N2O4. The van der Waals surface area contributed by atoms with Gasteiger partial charge in [-0.25, -0.2) is 0 Å². The minimum absolute atomic E-state index is 0.0246. The fraction of sp³-hybridized carbons (Fsp3) is 0.615. The molecule has 0 saturated carbocycles. The van der Waals surface area contributed by atoms with Crippen molar-refractivity contribution < 1.29 is 19.5 Å². The average Bonchev–Trinajstić information content (AvgIpc) is 2.26. The van der Waals surface area contributed by atoms with Crippen LogP contribution in [0, 0.1) is 17.8 Å². The molecule has 6 heteroatoms. The lowest BCUT2D eigenvalue weighted by atomic mass is 9.96. The van der Waals surface area contributed by atoms with Gasteiger partial charge < -0.3 is 15.3 Å². The molecule has 6 nitrogen and oxygen atoms in total. The van der Waals surface area contributed by atoms with Gasteiger partial charge in [0.1, 0.15) is 6.54 Å². The first-order valence-corrected chi connectivity index (χ1v) is 5.89. The van der Waals surface area contributed by atoms with Crippen molar-refractivity contribution in [1.82, 2.24) is 10.2 Å². The molecule has 0 aliphatic heterocycles. The first-order valence-electron chi connectivity index (χ1n) is 5.89. The van der Waals surface area contributed by atoms with Crippen LogP contribution in [0.2, 0.25) is 0 Å². The van der Waals surface area contributed by atoms with Gasteiger partial charge in [-0.2, -0.15) is 0 Å². The number of carbonyl (C=O) groups excluding carboxylic acids is 2. The molecule has 0 aromatic rings. The van der Waals surface area contributed by atoms with Crippen molar-refractivity contribution in [3.8, 4) is 12.3 Å². The van der Waals surface area contributed by atoms with Crippen LogP contribution >= 0.6 is 0 Å². The van der Waals surface area contributed by atoms with Gasteiger partial charge in [-0.05, 0) is 0 Å². The number of rotatable bonds is 6. The van der Waals surface area contributed by atoms with Gasteiger partial charge in [0.2, 0.25) is 11.8 Å². The van der Waals surface area contributed by atoms with Crippen molar-refractivity contribution in [2.75, 3.05) is 19.6 Å². The average molecular weight is 268 g/mol. The minimum Gasteiger partial charge on any atom is -0.480 e. The van der Waals surface area contributed by atoms with Gasteiger partial charge in [-0.15, -0.1) is 6.42 Å². The van der Waals surface area contributed by atoms with E-state index in [0.717, 1.165) is 4.90 Å². The van der Waals surface area contributed by atoms with E-state index in [-0.39, 0.29) is 25.4 Å². The Morgan fingerprint density at radius 1 is 1.32 bits per heavy atom. The van der Waals surface area contributed by atoms with E-state index in [2.05, 4.69) is 11.2 Å². The number of carbonyl (C=O) groups is 3. The van der Waals surface area contributed by atoms with Gasteiger partial charge in [0.05, 0.1) is 6.54 Å². The van der Waals surface area contributed by atoms with E-state index in [4.69, 9.17) is 11.5 Å². The van der Waals surface area contributed by atoms with Gasteiger partial charge in [-0.1, -0.05) is 26.7 Å². The third kappa shape index (κ3) is 7.09. The van der Waals surface area contributed by atoms with Crippen LogP contribution in [0.1, 0.15) is 27.2 Å². The Morgan fingerprint density at radius 3 is 2.32 bits per heavy atom. The first kappa shape index (κ1) is 17.0. The lowest BCUT2D eigenvalue weighted by Crippen LogP contribution is -2.40.